The molecule has 1 saturated heterocycles. The maximum atomic E-state index is 13.4. The molecule has 0 radical (unpaired) electrons. The van der Waals surface area contributed by atoms with Crippen LogP contribution in [0.1, 0.15) is 18.5 Å². The molecule has 0 amide bonds. The fourth-order valence-electron chi connectivity index (χ4n) is 2.64. The van der Waals surface area contributed by atoms with E-state index in [2.05, 4.69) is 4.98 Å². The summed E-state index contributed by atoms with van der Waals surface area (Å²) in [6.07, 6.45) is 0.472. The Morgan fingerprint density at radius 3 is 2.85 bits per heavy atom. The Kier molecular flexibility index (Phi) is 3.38. The first-order valence-electron chi connectivity index (χ1n) is 6.67. The van der Waals surface area contributed by atoms with Crippen molar-refractivity contribution in [3.05, 3.63) is 41.8 Å². The first-order chi connectivity index (χ1) is 9.52. The number of likely N-dealkylation sites (tertiary alicyclic amines) is 1. The Balaban J connectivity index is 1.79. The number of hydrogen-bond acceptors (Lipinski definition) is 2. The average Bonchev–Trinajstić information content (AvgIpc) is 2.38. The topological polar surface area (TPSA) is 16.1 Å². The normalized spacial score (nSPS) is 19.4. The Morgan fingerprint density at radius 1 is 1.20 bits per heavy atom. The van der Waals surface area contributed by atoms with E-state index in [4.69, 9.17) is 0 Å². The Morgan fingerprint density at radius 2 is 2.05 bits per heavy atom. The van der Waals surface area contributed by atoms with E-state index >= 15 is 0 Å². The third kappa shape index (κ3) is 2.93. The fraction of sp³-hybridized carbons (Fsp3) is 0.400. The number of halogens is 3. The van der Waals surface area contributed by atoms with E-state index in [1.165, 1.54) is 12.1 Å². The van der Waals surface area contributed by atoms with Crippen LogP contribution in [0.25, 0.3) is 10.9 Å². The van der Waals surface area contributed by atoms with Crippen LogP contribution in [0.4, 0.5) is 13.2 Å². The number of fused-ring (bicyclic) bond motifs is 1. The molecule has 0 aliphatic carbocycles. The van der Waals surface area contributed by atoms with E-state index in [0.29, 0.717) is 25.0 Å². The number of nitrogens with zero attached hydrogens (tertiary/aromatic N) is 2. The number of piperidine rings is 1. The van der Waals surface area contributed by atoms with Gasteiger partial charge in [-0.25, -0.2) is 13.2 Å². The van der Waals surface area contributed by atoms with Crippen molar-refractivity contribution in [2.45, 2.75) is 25.3 Å². The first kappa shape index (κ1) is 13.4. The van der Waals surface area contributed by atoms with Crippen LogP contribution in [0.15, 0.2) is 30.3 Å². The highest BCUT2D eigenvalue weighted by Crippen LogP contribution is 2.27. The maximum Gasteiger partial charge on any atom is 0.260 e. The van der Waals surface area contributed by atoms with Crippen molar-refractivity contribution < 1.29 is 13.2 Å². The van der Waals surface area contributed by atoms with E-state index in [-0.39, 0.29) is 18.8 Å². The molecule has 20 heavy (non-hydrogen) atoms. The molecule has 1 aromatic heterocycles. The van der Waals surface area contributed by atoms with Gasteiger partial charge in [-0.3, -0.25) is 9.88 Å². The van der Waals surface area contributed by atoms with Gasteiger partial charge in [0.05, 0.1) is 17.8 Å². The summed E-state index contributed by atoms with van der Waals surface area (Å²) in [5.41, 5.74) is 1.43. The molecule has 3 rings (SSSR count). The molecule has 1 aromatic carbocycles. The third-order valence-electron chi connectivity index (χ3n) is 3.57. The van der Waals surface area contributed by atoms with Crippen LogP contribution >= 0.6 is 0 Å². The summed E-state index contributed by atoms with van der Waals surface area (Å²) in [5.74, 6) is -2.90. The molecule has 5 heteroatoms. The van der Waals surface area contributed by atoms with Crippen molar-refractivity contribution >= 4 is 10.9 Å². The van der Waals surface area contributed by atoms with Gasteiger partial charge in [0, 0.05) is 18.4 Å². The van der Waals surface area contributed by atoms with Crippen molar-refractivity contribution in [1.82, 2.24) is 9.88 Å². The summed E-state index contributed by atoms with van der Waals surface area (Å²) >= 11 is 0. The first-order valence-corrected chi connectivity index (χ1v) is 6.67. The molecule has 2 aromatic rings. The van der Waals surface area contributed by atoms with Gasteiger partial charge in [0.2, 0.25) is 0 Å². The number of rotatable bonds is 2. The monoisotopic (exact) mass is 280 g/mol. The second-order valence-electron chi connectivity index (χ2n) is 5.31. The highest BCUT2D eigenvalue weighted by Gasteiger charge is 2.34. The zero-order chi connectivity index (χ0) is 14.2. The quantitative estimate of drug-likeness (QED) is 0.835. The lowest BCUT2D eigenvalue weighted by Gasteiger charge is -2.32. The molecule has 2 heterocycles. The van der Waals surface area contributed by atoms with E-state index in [9.17, 15) is 13.2 Å². The summed E-state index contributed by atoms with van der Waals surface area (Å²) in [7, 11) is 0. The van der Waals surface area contributed by atoms with Gasteiger partial charge < -0.3 is 0 Å². The zero-order valence-electron chi connectivity index (χ0n) is 11.0. The third-order valence-corrected chi connectivity index (χ3v) is 3.57. The van der Waals surface area contributed by atoms with Crippen LogP contribution in [-0.4, -0.2) is 28.9 Å². The molecule has 0 spiro atoms. The number of alkyl halides is 2. The predicted molar refractivity (Wildman–Crippen MR) is 71.2 cm³/mol. The average molecular weight is 280 g/mol. The van der Waals surface area contributed by atoms with Gasteiger partial charge in [-0.05, 0) is 37.2 Å². The smallest absolute Gasteiger partial charge is 0.260 e. The predicted octanol–water partition coefficient (Wildman–Crippen LogP) is 3.61. The summed E-state index contributed by atoms with van der Waals surface area (Å²) < 4.78 is 39.8. The second-order valence-corrected chi connectivity index (χ2v) is 5.31. The van der Waals surface area contributed by atoms with Gasteiger partial charge in [0.15, 0.2) is 0 Å². The van der Waals surface area contributed by atoms with Gasteiger partial charge in [0.25, 0.3) is 5.92 Å². The van der Waals surface area contributed by atoms with E-state index < -0.39 is 5.92 Å². The summed E-state index contributed by atoms with van der Waals surface area (Å²) in [6, 6.07) is 7.94. The zero-order valence-corrected chi connectivity index (χ0v) is 11.0. The number of pyridine rings is 1. The molecule has 106 valence electrons. The SMILES string of the molecule is Fc1ccc2nc(CN3CCCC(F)(F)C3)ccc2c1. The molecule has 0 N–H and O–H groups in total. The van der Waals surface area contributed by atoms with Crippen molar-refractivity contribution in [2.75, 3.05) is 13.1 Å². The minimum atomic E-state index is -2.60. The molecule has 2 nitrogen and oxygen atoms in total. The lowest BCUT2D eigenvalue weighted by molar-refractivity contribution is -0.0663. The largest absolute Gasteiger partial charge is 0.292 e. The molecular weight excluding hydrogens is 265 g/mol. The Hall–Kier alpha value is -1.62. The molecular formula is C15H15F3N2. The van der Waals surface area contributed by atoms with Crippen molar-refractivity contribution in [1.29, 1.82) is 0 Å². The summed E-state index contributed by atoms with van der Waals surface area (Å²) in [6.45, 7) is 0.859. The van der Waals surface area contributed by atoms with Crippen molar-refractivity contribution in [3.8, 4) is 0 Å². The molecule has 0 unspecified atom stereocenters. The van der Waals surface area contributed by atoms with Gasteiger partial charge in [-0.1, -0.05) is 6.07 Å². The van der Waals surface area contributed by atoms with Gasteiger partial charge in [-0.2, -0.15) is 0 Å². The van der Waals surface area contributed by atoms with Crippen LogP contribution in [0, 0.1) is 5.82 Å². The molecule has 1 fully saturated rings. The van der Waals surface area contributed by atoms with Gasteiger partial charge in [-0.15, -0.1) is 0 Å². The van der Waals surface area contributed by atoms with Crippen molar-refractivity contribution in [3.63, 3.8) is 0 Å². The van der Waals surface area contributed by atoms with Crippen molar-refractivity contribution in [2.24, 2.45) is 0 Å². The molecule has 0 bridgehead atoms. The van der Waals surface area contributed by atoms with E-state index in [0.717, 1.165) is 11.1 Å². The minimum Gasteiger partial charge on any atom is -0.292 e. The molecule has 0 atom stereocenters. The number of benzene rings is 1. The van der Waals surface area contributed by atoms with Crippen LogP contribution < -0.4 is 0 Å². The molecule has 1 aliphatic rings. The number of hydrogen-bond donors (Lipinski definition) is 0. The van der Waals surface area contributed by atoms with Crippen LogP contribution in [-0.2, 0) is 6.54 Å². The van der Waals surface area contributed by atoms with Crippen LogP contribution in [0.3, 0.4) is 0 Å². The summed E-state index contributed by atoms with van der Waals surface area (Å²) in [4.78, 5) is 6.13. The Labute approximate surface area is 115 Å². The number of aromatic nitrogens is 1. The fourth-order valence-corrected chi connectivity index (χ4v) is 2.64. The Bertz CT molecular complexity index is 628. The van der Waals surface area contributed by atoms with E-state index in [1.54, 1.807) is 23.1 Å². The molecule has 0 saturated carbocycles. The lowest BCUT2D eigenvalue weighted by atomic mass is 10.1. The lowest BCUT2D eigenvalue weighted by Crippen LogP contribution is -2.42. The standard InChI is InChI=1S/C15H15F3N2/c16-12-3-5-14-11(8-12)2-4-13(19-14)9-20-7-1-6-15(17,18)10-20/h2-5,8H,1,6-7,9-10H2. The van der Waals surface area contributed by atoms with Crippen LogP contribution in [0.5, 0.6) is 0 Å². The van der Waals surface area contributed by atoms with Crippen LogP contribution in [0.2, 0.25) is 0 Å². The minimum absolute atomic E-state index is 0.0338. The maximum absolute atomic E-state index is 13.4. The van der Waals surface area contributed by atoms with Gasteiger partial charge in [0.1, 0.15) is 5.82 Å². The highest BCUT2D eigenvalue weighted by molar-refractivity contribution is 5.78. The summed E-state index contributed by atoms with van der Waals surface area (Å²) in [5, 5.41) is 0.720. The second kappa shape index (κ2) is 5.05. The van der Waals surface area contributed by atoms with E-state index in [1.807, 2.05) is 0 Å². The highest BCUT2D eigenvalue weighted by atomic mass is 19.3. The van der Waals surface area contributed by atoms with Gasteiger partial charge >= 0.3 is 0 Å². The molecule has 1 aliphatic heterocycles.